The zero-order valence-electron chi connectivity index (χ0n) is 7.77. The highest BCUT2D eigenvalue weighted by molar-refractivity contribution is 7.99. The molecular weight excluding hydrogens is 184 g/mol. The van der Waals surface area contributed by atoms with Gasteiger partial charge in [-0.15, -0.1) is 0 Å². The minimum atomic E-state index is 0.747. The smallest absolute Gasteiger partial charge is 0.150 e. The number of nitrogens with zero attached hydrogens (tertiary/aromatic N) is 2. The third kappa shape index (κ3) is 2.48. The molecule has 3 nitrogen and oxygen atoms in total. The third-order valence-corrected chi connectivity index (χ3v) is 3.33. The summed E-state index contributed by atoms with van der Waals surface area (Å²) in [4.78, 5) is 2.42. The van der Waals surface area contributed by atoms with E-state index in [2.05, 4.69) is 17.0 Å². The van der Waals surface area contributed by atoms with Crippen LogP contribution in [0.4, 0.5) is 0 Å². The summed E-state index contributed by atoms with van der Waals surface area (Å²) in [5.74, 6) is 2.20. The first-order chi connectivity index (χ1) is 6.34. The van der Waals surface area contributed by atoms with Gasteiger partial charge in [0.15, 0.2) is 5.76 Å². The van der Waals surface area contributed by atoms with E-state index in [9.17, 15) is 0 Å². The van der Waals surface area contributed by atoms with Gasteiger partial charge in [-0.05, 0) is 0 Å². The van der Waals surface area contributed by atoms with E-state index in [0.29, 0.717) is 0 Å². The summed E-state index contributed by atoms with van der Waals surface area (Å²) in [6.07, 6.45) is 1.71. The lowest BCUT2D eigenvalue weighted by Crippen LogP contribution is -2.35. The predicted octanol–water partition coefficient (Wildman–Crippen LogP) is 1.61. The van der Waals surface area contributed by atoms with Crippen LogP contribution >= 0.6 is 11.8 Å². The van der Waals surface area contributed by atoms with Gasteiger partial charge in [0, 0.05) is 30.2 Å². The van der Waals surface area contributed by atoms with Gasteiger partial charge in [0.25, 0.3) is 0 Å². The first-order valence-corrected chi connectivity index (χ1v) is 5.63. The Bertz CT molecular complexity index is 250. The molecule has 2 rings (SSSR count). The molecule has 1 aliphatic heterocycles. The van der Waals surface area contributed by atoms with Gasteiger partial charge >= 0.3 is 0 Å². The van der Waals surface area contributed by atoms with Crippen LogP contribution < -0.4 is 0 Å². The quantitative estimate of drug-likeness (QED) is 0.722. The SMILES string of the molecule is CC1CN(Cc2ccno2)CCS1. The van der Waals surface area contributed by atoms with Gasteiger partial charge in [0.1, 0.15) is 0 Å². The lowest BCUT2D eigenvalue weighted by molar-refractivity contribution is 0.240. The Morgan fingerprint density at radius 2 is 2.69 bits per heavy atom. The van der Waals surface area contributed by atoms with E-state index >= 15 is 0 Å². The number of thioether (sulfide) groups is 1. The van der Waals surface area contributed by atoms with E-state index in [-0.39, 0.29) is 0 Å². The fourth-order valence-corrected chi connectivity index (χ4v) is 2.66. The maximum atomic E-state index is 5.07. The molecule has 0 spiro atoms. The lowest BCUT2D eigenvalue weighted by Gasteiger charge is -2.29. The van der Waals surface area contributed by atoms with Crippen LogP contribution in [0.1, 0.15) is 12.7 Å². The Kier molecular flexibility index (Phi) is 2.90. The van der Waals surface area contributed by atoms with Crippen LogP contribution in [0.15, 0.2) is 16.8 Å². The van der Waals surface area contributed by atoms with E-state index in [1.807, 2.05) is 17.8 Å². The fraction of sp³-hybridized carbons (Fsp3) is 0.667. The average Bonchev–Trinajstić information content (AvgIpc) is 2.57. The second-order valence-electron chi connectivity index (χ2n) is 3.40. The van der Waals surface area contributed by atoms with Crippen LogP contribution in [0.5, 0.6) is 0 Å². The van der Waals surface area contributed by atoms with Crippen molar-refractivity contribution in [3.05, 3.63) is 18.0 Å². The Labute approximate surface area is 82.5 Å². The summed E-state index contributed by atoms with van der Waals surface area (Å²) < 4.78 is 5.07. The second-order valence-corrected chi connectivity index (χ2v) is 4.94. The van der Waals surface area contributed by atoms with Crippen LogP contribution in [-0.4, -0.2) is 34.1 Å². The molecule has 2 heterocycles. The highest BCUT2D eigenvalue weighted by Gasteiger charge is 2.17. The molecule has 1 aromatic heterocycles. The molecule has 1 atom stereocenters. The third-order valence-electron chi connectivity index (χ3n) is 2.20. The number of rotatable bonds is 2. The largest absolute Gasteiger partial charge is 0.360 e. The van der Waals surface area contributed by atoms with Gasteiger partial charge in [-0.2, -0.15) is 11.8 Å². The van der Waals surface area contributed by atoms with Gasteiger partial charge in [-0.3, -0.25) is 4.90 Å². The number of hydrogen-bond acceptors (Lipinski definition) is 4. The molecule has 4 heteroatoms. The summed E-state index contributed by atoms with van der Waals surface area (Å²) in [7, 11) is 0. The Hall–Kier alpha value is -0.480. The van der Waals surface area contributed by atoms with Gasteiger partial charge in [-0.1, -0.05) is 12.1 Å². The molecule has 0 radical (unpaired) electrons. The summed E-state index contributed by atoms with van der Waals surface area (Å²) in [5.41, 5.74) is 0. The predicted molar refractivity (Wildman–Crippen MR) is 53.7 cm³/mol. The maximum Gasteiger partial charge on any atom is 0.150 e. The zero-order valence-corrected chi connectivity index (χ0v) is 8.59. The van der Waals surface area contributed by atoms with E-state index in [0.717, 1.165) is 30.6 Å². The van der Waals surface area contributed by atoms with Crippen molar-refractivity contribution in [1.82, 2.24) is 10.1 Å². The molecule has 0 aromatic carbocycles. The average molecular weight is 198 g/mol. The Morgan fingerprint density at radius 3 is 3.38 bits per heavy atom. The van der Waals surface area contributed by atoms with Crippen LogP contribution in [0.2, 0.25) is 0 Å². The molecule has 1 fully saturated rings. The first-order valence-electron chi connectivity index (χ1n) is 4.58. The molecule has 1 saturated heterocycles. The van der Waals surface area contributed by atoms with Gasteiger partial charge < -0.3 is 4.52 Å². The summed E-state index contributed by atoms with van der Waals surface area (Å²) >= 11 is 2.05. The van der Waals surface area contributed by atoms with Crippen LogP contribution in [0.3, 0.4) is 0 Å². The first kappa shape index (κ1) is 9.09. The molecule has 13 heavy (non-hydrogen) atoms. The summed E-state index contributed by atoms with van der Waals surface area (Å²) in [5, 5.41) is 4.45. The minimum Gasteiger partial charge on any atom is -0.360 e. The Balaban J connectivity index is 1.87. The molecule has 72 valence electrons. The lowest BCUT2D eigenvalue weighted by atomic mass is 10.3. The van der Waals surface area contributed by atoms with Crippen molar-refractivity contribution in [1.29, 1.82) is 0 Å². The summed E-state index contributed by atoms with van der Waals surface area (Å²) in [6, 6.07) is 1.94. The Morgan fingerprint density at radius 1 is 1.77 bits per heavy atom. The van der Waals surface area contributed by atoms with E-state index in [1.54, 1.807) is 6.20 Å². The van der Waals surface area contributed by atoms with Gasteiger partial charge in [0.05, 0.1) is 12.7 Å². The van der Waals surface area contributed by atoms with Crippen LogP contribution in [0, 0.1) is 0 Å². The van der Waals surface area contributed by atoms with E-state index in [4.69, 9.17) is 4.52 Å². The van der Waals surface area contributed by atoms with Gasteiger partial charge in [0.2, 0.25) is 0 Å². The van der Waals surface area contributed by atoms with Crippen molar-refractivity contribution in [2.24, 2.45) is 0 Å². The fourth-order valence-electron chi connectivity index (χ4n) is 1.58. The molecule has 1 unspecified atom stereocenters. The summed E-state index contributed by atoms with van der Waals surface area (Å²) in [6.45, 7) is 5.50. The molecule has 0 bridgehead atoms. The normalized spacial score (nSPS) is 24.8. The molecule has 1 aliphatic rings. The van der Waals surface area contributed by atoms with Crippen molar-refractivity contribution in [2.45, 2.75) is 18.7 Å². The van der Waals surface area contributed by atoms with E-state index < -0.39 is 0 Å². The van der Waals surface area contributed by atoms with Gasteiger partial charge in [-0.25, -0.2) is 0 Å². The molecule has 0 amide bonds. The van der Waals surface area contributed by atoms with Crippen molar-refractivity contribution in [3.63, 3.8) is 0 Å². The van der Waals surface area contributed by atoms with Crippen LogP contribution in [0.25, 0.3) is 0 Å². The van der Waals surface area contributed by atoms with E-state index in [1.165, 1.54) is 5.75 Å². The highest BCUT2D eigenvalue weighted by Crippen LogP contribution is 2.19. The second kappa shape index (κ2) is 4.15. The zero-order chi connectivity index (χ0) is 9.10. The highest BCUT2D eigenvalue weighted by atomic mass is 32.2. The number of aromatic nitrogens is 1. The van der Waals surface area contributed by atoms with Crippen molar-refractivity contribution in [3.8, 4) is 0 Å². The minimum absolute atomic E-state index is 0.747. The van der Waals surface area contributed by atoms with Crippen LogP contribution in [-0.2, 0) is 6.54 Å². The number of hydrogen-bond donors (Lipinski definition) is 0. The van der Waals surface area contributed by atoms with Crippen molar-refractivity contribution < 1.29 is 4.52 Å². The molecule has 1 aromatic rings. The molecule has 0 saturated carbocycles. The van der Waals surface area contributed by atoms with Crippen molar-refractivity contribution in [2.75, 3.05) is 18.8 Å². The molecule has 0 aliphatic carbocycles. The monoisotopic (exact) mass is 198 g/mol. The topological polar surface area (TPSA) is 29.3 Å². The molecular formula is C9H14N2OS. The molecule has 0 N–H and O–H groups in total. The van der Waals surface area contributed by atoms with Crippen molar-refractivity contribution >= 4 is 11.8 Å². The maximum absolute atomic E-state index is 5.07. The standard InChI is InChI=1S/C9H14N2OS/c1-8-6-11(4-5-13-8)7-9-2-3-10-12-9/h2-3,8H,4-7H2,1H3.